The average Bonchev–Trinajstić information content (AvgIpc) is 2.52. The van der Waals surface area contributed by atoms with E-state index in [1.54, 1.807) is 0 Å². The second kappa shape index (κ2) is 4.09. The second-order valence-corrected chi connectivity index (χ2v) is 3.17. The summed E-state index contributed by atoms with van der Waals surface area (Å²) in [6.45, 7) is 0. The van der Waals surface area contributed by atoms with Crippen LogP contribution in [0.5, 0.6) is 0 Å². The Morgan fingerprint density at radius 1 is 1.43 bits per heavy atom. The molecule has 2 N–H and O–H groups in total. The van der Waals surface area contributed by atoms with Crippen molar-refractivity contribution in [1.82, 2.24) is 4.98 Å². The van der Waals surface area contributed by atoms with Gasteiger partial charge in [0.05, 0.1) is 11.5 Å². The van der Waals surface area contributed by atoms with Crippen LogP contribution in [0.15, 0.2) is 11.0 Å². The Kier molecular flexibility index (Phi) is 3.27. The smallest absolute Gasteiger partial charge is 0.194 e. The minimum absolute atomic E-state index is 0. The Morgan fingerprint density at radius 2 is 2.14 bits per heavy atom. The molecule has 0 radical (unpaired) electrons. The van der Waals surface area contributed by atoms with Gasteiger partial charge in [0.2, 0.25) is 0 Å². The first-order chi connectivity index (χ1) is 6.20. The minimum Gasteiger partial charge on any atom is -0.663 e. The number of carbonyl (C=O) groups excluding carboxylic acids is 1. The van der Waals surface area contributed by atoms with E-state index in [-0.39, 0.29) is 32.1 Å². The van der Waals surface area contributed by atoms with Gasteiger partial charge in [0.1, 0.15) is 0 Å². The van der Waals surface area contributed by atoms with Gasteiger partial charge in [0.25, 0.3) is 0 Å². The van der Waals surface area contributed by atoms with E-state index >= 15 is 0 Å². The molecule has 2 rings (SSSR count). The number of hydrogen-bond acceptors (Lipinski definition) is 2. The summed E-state index contributed by atoms with van der Waals surface area (Å²) in [7, 11) is 0. The summed E-state index contributed by atoms with van der Waals surface area (Å²) < 4.78 is 0. The molecule has 0 unspecified atom stereocenters. The maximum atomic E-state index is 11.5. The molecule has 1 aliphatic rings. The molecule has 1 heterocycles. The molecule has 0 aliphatic heterocycles. The zero-order valence-corrected chi connectivity index (χ0v) is 10.4. The van der Waals surface area contributed by atoms with Crippen molar-refractivity contribution in [1.29, 1.82) is 0 Å². The molecule has 0 spiro atoms. The number of nitrogens with one attached hydrogen (secondary N) is 2. The Morgan fingerprint density at radius 3 is 2.79 bits per heavy atom. The third kappa shape index (κ3) is 1.67. The summed E-state index contributed by atoms with van der Waals surface area (Å²) in [6.07, 6.45) is 3.90. The zero-order chi connectivity index (χ0) is 9.42. The molecule has 74 valence electrons. The maximum absolute atomic E-state index is 11.5. The molecule has 0 aromatic carbocycles. The van der Waals surface area contributed by atoms with Gasteiger partial charge in [0, 0.05) is 38.5 Å². The molecule has 1 aromatic heterocycles. The Hall–Kier alpha value is -0.892. The van der Waals surface area contributed by atoms with Crippen LogP contribution in [0.4, 0.5) is 0 Å². The molecule has 1 aliphatic carbocycles. The number of hydrogen-bond donors (Lipinski definition) is 1. The van der Waals surface area contributed by atoms with Crippen molar-refractivity contribution in [2.24, 2.45) is 0 Å². The Labute approximate surface area is 95.2 Å². The first kappa shape index (κ1) is 11.2. The van der Waals surface area contributed by atoms with Gasteiger partial charge in [-0.3, -0.25) is 4.79 Å². The first-order valence-corrected chi connectivity index (χ1v) is 4.19. The topological polar surface area (TPSA) is 73.7 Å². The van der Waals surface area contributed by atoms with Gasteiger partial charge in [-0.25, -0.2) is 0 Å². The normalized spacial score (nSPS) is 13.1. The predicted octanol–water partition coefficient (Wildman–Crippen LogP) is 1.05. The SMILES string of the molecule is [NH-]C(=O)c1c[nH]c2c(c1=O)CCC2.[W]. The molecule has 0 saturated carbocycles. The van der Waals surface area contributed by atoms with E-state index in [0.717, 1.165) is 25.0 Å². The number of rotatable bonds is 1. The van der Waals surface area contributed by atoms with Gasteiger partial charge in [-0.05, 0) is 19.3 Å². The summed E-state index contributed by atoms with van der Waals surface area (Å²) in [5, 5.41) is 0. The van der Waals surface area contributed by atoms with E-state index in [1.807, 2.05) is 0 Å². The van der Waals surface area contributed by atoms with E-state index < -0.39 is 5.91 Å². The molecular formula is C9H9N2O2W-. The molecule has 0 saturated heterocycles. The molecule has 0 fully saturated rings. The Bertz CT molecular complexity index is 425. The van der Waals surface area contributed by atoms with E-state index in [0.29, 0.717) is 5.56 Å². The molecule has 14 heavy (non-hydrogen) atoms. The van der Waals surface area contributed by atoms with Crippen LogP contribution in [0.3, 0.4) is 0 Å². The number of aromatic amines is 1. The van der Waals surface area contributed by atoms with E-state index in [1.165, 1.54) is 6.20 Å². The van der Waals surface area contributed by atoms with Crippen molar-refractivity contribution in [3.05, 3.63) is 39.0 Å². The van der Waals surface area contributed by atoms with Crippen molar-refractivity contribution in [2.75, 3.05) is 0 Å². The Balaban J connectivity index is 0.000000980. The molecular weight excluding hydrogens is 352 g/mol. The number of aryl methyl sites for hydroxylation is 1. The largest absolute Gasteiger partial charge is 0.663 e. The third-order valence-electron chi connectivity index (χ3n) is 2.37. The molecule has 5 heteroatoms. The standard InChI is InChI=1S/C9H10N2O2.W/c10-9(13)6-4-11-7-3-1-2-5(7)8(6)12;/h4H,1-3H2,(H3,10,11,12,13);/p-1. The second-order valence-electron chi connectivity index (χ2n) is 3.17. The minimum atomic E-state index is -0.907. The van der Waals surface area contributed by atoms with Crippen LogP contribution < -0.4 is 5.43 Å². The van der Waals surface area contributed by atoms with Crippen molar-refractivity contribution in [3.8, 4) is 0 Å². The van der Waals surface area contributed by atoms with Crippen LogP contribution in [0.25, 0.3) is 5.73 Å². The summed E-state index contributed by atoms with van der Waals surface area (Å²) in [5.74, 6) is -0.907. The van der Waals surface area contributed by atoms with Gasteiger partial charge < -0.3 is 15.5 Å². The number of H-pyrrole nitrogens is 1. The van der Waals surface area contributed by atoms with Crippen molar-refractivity contribution < 1.29 is 25.9 Å². The van der Waals surface area contributed by atoms with E-state index in [2.05, 4.69) is 4.98 Å². The van der Waals surface area contributed by atoms with Crippen LogP contribution >= 0.6 is 0 Å². The van der Waals surface area contributed by atoms with Crippen LogP contribution in [0.1, 0.15) is 28.0 Å². The number of fused-ring (bicyclic) bond motifs is 1. The monoisotopic (exact) mass is 361 g/mol. The van der Waals surface area contributed by atoms with E-state index in [4.69, 9.17) is 5.73 Å². The molecule has 0 atom stereocenters. The number of pyridine rings is 1. The maximum Gasteiger partial charge on any atom is 0.194 e. The summed E-state index contributed by atoms with van der Waals surface area (Å²) >= 11 is 0. The summed E-state index contributed by atoms with van der Waals surface area (Å²) in [6, 6.07) is 0. The van der Waals surface area contributed by atoms with E-state index in [9.17, 15) is 9.59 Å². The van der Waals surface area contributed by atoms with Crippen LogP contribution in [-0.4, -0.2) is 10.9 Å². The van der Waals surface area contributed by atoms with Crippen LogP contribution in [-0.2, 0) is 33.9 Å². The van der Waals surface area contributed by atoms with Gasteiger partial charge in [0.15, 0.2) is 5.43 Å². The summed E-state index contributed by atoms with van der Waals surface area (Å²) in [4.78, 5) is 25.2. The number of carbonyl (C=O) groups is 1. The quantitative estimate of drug-likeness (QED) is 0.812. The fourth-order valence-electron chi connectivity index (χ4n) is 1.71. The van der Waals surface area contributed by atoms with Gasteiger partial charge in [-0.2, -0.15) is 0 Å². The third-order valence-corrected chi connectivity index (χ3v) is 2.37. The van der Waals surface area contributed by atoms with Crippen molar-refractivity contribution in [3.63, 3.8) is 0 Å². The van der Waals surface area contributed by atoms with Crippen LogP contribution in [0, 0.1) is 0 Å². The molecule has 1 aromatic rings. The zero-order valence-electron chi connectivity index (χ0n) is 7.42. The average molecular weight is 361 g/mol. The fourth-order valence-corrected chi connectivity index (χ4v) is 1.71. The van der Waals surface area contributed by atoms with Gasteiger partial charge in [-0.1, -0.05) is 0 Å². The number of aromatic nitrogens is 1. The summed E-state index contributed by atoms with van der Waals surface area (Å²) in [5.41, 5.74) is 8.18. The van der Waals surface area contributed by atoms with Gasteiger partial charge in [-0.15, -0.1) is 0 Å². The molecule has 0 bridgehead atoms. The first-order valence-electron chi connectivity index (χ1n) is 4.19. The fraction of sp³-hybridized carbons (Fsp3) is 0.333. The predicted molar refractivity (Wildman–Crippen MR) is 47.7 cm³/mol. The molecule has 1 amide bonds. The van der Waals surface area contributed by atoms with Gasteiger partial charge >= 0.3 is 0 Å². The van der Waals surface area contributed by atoms with Crippen molar-refractivity contribution in [2.45, 2.75) is 19.3 Å². The van der Waals surface area contributed by atoms with Crippen molar-refractivity contribution >= 4 is 5.91 Å². The number of amides is 1. The van der Waals surface area contributed by atoms with Crippen LogP contribution in [0.2, 0.25) is 0 Å². The molecule has 4 nitrogen and oxygen atoms in total.